The van der Waals surface area contributed by atoms with Gasteiger partial charge in [0.2, 0.25) is 17.7 Å². The first kappa shape index (κ1) is 29.8. The molecule has 9 N–H and O–H groups in total. The average Bonchev–Trinajstić information content (AvgIpc) is 3.28. The van der Waals surface area contributed by atoms with Crippen molar-refractivity contribution >= 4 is 34.6 Å². The number of aromatic nitrogens is 1. The van der Waals surface area contributed by atoms with E-state index in [4.69, 9.17) is 11.5 Å². The van der Waals surface area contributed by atoms with Crippen molar-refractivity contribution in [3.8, 4) is 0 Å². The van der Waals surface area contributed by atoms with E-state index in [0.29, 0.717) is 25.8 Å². The number of nitrogens with one attached hydrogen (secondary N) is 4. The van der Waals surface area contributed by atoms with Crippen LogP contribution in [0.5, 0.6) is 0 Å². The van der Waals surface area contributed by atoms with Crippen LogP contribution in [0.4, 0.5) is 0 Å². The van der Waals surface area contributed by atoms with Gasteiger partial charge in [0.15, 0.2) is 0 Å². The molecule has 0 aliphatic heterocycles. The fourth-order valence-corrected chi connectivity index (χ4v) is 3.99. The molecule has 11 nitrogen and oxygen atoms in total. The van der Waals surface area contributed by atoms with Gasteiger partial charge in [-0.25, -0.2) is 4.79 Å². The van der Waals surface area contributed by atoms with E-state index in [1.807, 2.05) is 31.2 Å². The third kappa shape index (κ3) is 8.57. The molecule has 0 saturated carbocycles. The van der Waals surface area contributed by atoms with Gasteiger partial charge in [-0.3, -0.25) is 14.4 Å². The van der Waals surface area contributed by atoms with Crippen molar-refractivity contribution in [1.29, 1.82) is 0 Å². The molecule has 0 radical (unpaired) electrons. The second-order valence-corrected chi connectivity index (χ2v) is 9.46. The molecule has 0 aliphatic rings. The fraction of sp³-hybridized carbons (Fsp3) is 0.538. The van der Waals surface area contributed by atoms with E-state index >= 15 is 0 Å². The van der Waals surface area contributed by atoms with Gasteiger partial charge >= 0.3 is 5.97 Å². The Balaban J connectivity index is 2.16. The van der Waals surface area contributed by atoms with Crippen molar-refractivity contribution in [1.82, 2.24) is 20.9 Å². The van der Waals surface area contributed by atoms with Crippen LogP contribution >= 0.6 is 0 Å². The number of carbonyl (C=O) groups is 4. The molecule has 2 rings (SSSR count). The number of amides is 3. The van der Waals surface area contributed by atoms with Crippen molar-refractivity contribution in [2.24, 2.45) is 17.4 Å². The Hall–Kier alpha value is -3.44. The number of para-hydroxylation sites is 1. The molecule has 3 amide bonds. The van der Waals surface area contributed by atoms with Crippen molar-refractivity contribution in [2.45, 2.75) is 77.0 Å². The Labute approximate surface area is 217 Å². The zero-order chi connectivity index (χ0) is 27.5. The van der Waals surface area contributed by atoms with Gasteiger partial charge in [-0.15, -0.1) is 0 Å². The number of aromatic amines is 1. The third-order valence-electron chi connectivity index (χ3n) is 6.57. The number of H-pyrrole nitrogens is 1. The smallest absolute Gasteiger partial charge is 0.326 e. The maximum atomic E-state index is 13.3. The maximum absolute atomic E-state index is 13.3. The van der Waals surface area contributed by atoms with Gasteiger partial charge in [0.05, 0.1) is 6.04 Å². The monoisotopic (exact) mass is 516 g/mol. The molecular formula is C26H40N6O5. The molecule has 204 valence electrons. The molecule has 1 heterocycles. The van der Waals surface area contributed by atoms with Crippen molar-refractivity contribution in [3.63, 3.8) is 0 Å². The number of benzene rings is 1. The predicted octanol–water partition coefficient (Wildman–Crippen LogP) is 0.772. The van der Waals surface area contributed by atoms with Gasteiger partial charge in [-0.2, -0.15) is 0 Å². The molecular weight excluding hydrogens is 476 g/mol. The van der Waals surface area contributed by atoms with Crippen molar-refractivity contribution < 1.29 is 24.3 Å². The number of nitrogens with two attached hydrogens (primary N) is 2. The minimum absolute atomic E-state index is 0.163. The van der Waals surface area contributed by atoms with Crippen LogP contribution < -0.4 is 27.4 Å². The highest BCUT2D eigenvalue weighted by atomic mass is 16.4. The number of fused-ring (bicyclic) bond motifs is 1. The Kier molecular flexibility index (Phi) is 11.5. The molecule has 1 aromatic carbocycles. The molecule has 0 saturated heterocycles. The van der Waals surface area contributed by atoms with Crippen LogP contribution in [0.25, 0.3) is 10.9 Å². The van der Waals surface area contributed by atoms with E-state index in [0.717, 1.165) is 22.9 Å². The minimum Gasteiger partial charge on any atom is -0.480 e. The van der Waals surface area contributed by atoms with Gasteiger partial charge in [-0.05, 0) is 43.9 Å². The van der Waals surface area contributed by atoms with Crippen molar-refractivity contribution in [2.75, 3.05) is 6.54 Å². The number of aliphatic carboxylic acids is 1. The van der Waals surface area contributed by atoms with Gasteiger partial charge in [-0.1, -0.05) is 44.9 Å². The van der Waals surface area contributed by atoms with E-state index in [-0.39, 0.29) is 12.3 Å². The number of carboxylic acids is 1. The van der Waals surface area contributed by atoms with Crippen LogP contribution in [0, 0.1) is 5.92 Å². The van der Waals surface area contributed by atoms with Crippen LogP contribution in [0.15, 0.2) is 30.5 Å². The van der Waals surface area contributed by atoms with E-state index in [2.05, 4.69) is 20.9 Å². The van der Waals surface area contributed by atoms with Gasteiger partial charge in [0.1, 0.15) is 18.1 Å². The number of hydrogen-bond acceptors (Lipinski definition) is 6. The molecule has 5 atom stereocenters. The molecule has 0 fully saturated rings. The Morgan fingerprint density at radius 2 is 1.70 bits per heavy atom. The summed E-state index contributed by atoms with van der Waals surface area (Å²) in [6.45, 7) is 5.52. The number of carboxylic acid groups (broad SMARTS) is 1. The van der Waals surface area contributed by atoms with E-state index in [9.17, 15) is 24.3 Å². The topological polar surface area (TPSA) is 192 Å². The molecule has 0 spiro atoms. The van der Waals surface area contributed by atoms with Crippen LogP contribution in [-0.4, -0.2) is 64.5 Å². The van der Waals surface area contributed by atoms with Gasteiger partial charge in [0.25, 0.3) is 0 Å². The summed E-state index contributed by atoms with van der Waals surface area (Å²) in [5, 5.41) is 18.2. The van der Waals surface area contributed by atoms with Gasteiger partial charge in [0, 0.05) is 23.5 Å². The number of carbonyl (C=O) groups excluding carboxylic acids is 3. The number of hydrogen-bond donors (Lipinski definition) is 7. The highest BCUT2D eigenvalue weighted by Gasteiger charge is 2.30. The van der Waals surface area contributed by atoms with Crippen LogP contribution in [0.3, 0.4) is 0 Å². The SMILES string of the molecule is CCC(C)C(NC(=O)C(C)NC(=O)C(Cc1c[nH]c2ccccc12)NC(=O)C(N)CCCCN)C(=O)O. The quantitative estimate of drug-likeness (QED) is 0.170. The summed E-state index contributed by atoms with van der Waals surface area (Å²) in [6.07, 6.45) is 4.34. The van der Waals surface area contributed by atoms with E-state index < -0.39 is 47.9 Å². The molecule has 0 aliphatic carbocycles. The average molecular weight is 517 g/mol. The van der Waals surface area contributed by atoms with Crippen LogP contribution in [0.1, 0.15) is 52.0 Å². The number of rotatable bonds is 15. The lowest BCUT2D eigenvalue weighted by Gasteiger charge is -2.25. The fourth-order valence-electron chi connectivity index (χ4n) is 3.99. The summed E-state index contributed by atoms with van der Waals surface area (Å²) in [5.74, 6) is -3.12. The highest BCUT2D eigenvalue weighted by Crippen LogP contribution is 2.19. The first-order valence-corrected chi connectivity index (χ1v) is 12.7. The Morgan fingerprint density at radius 3 is 2.35 bits per heavy atom. The predicted molar refractivity (Wildman–Crippen MR) is 141 cm³/mol. The number of unbranched alkanes of at least 4 members (excludes halogenated alkanes) is 1. The van der Waals surface area contributed by atoms with Gasteiger partial charge < -0.3 is 37.5 Å². The maximum Gasteiger partial charge on any atom is 0.326 e. The molecule has 5 unspecified atom stereocenters. The van der Waals surface area contributed by atoms with E-state index in [1.165, 1.54) is 6.92 Å². The summed E-state index contributed by atoms with van der Waals surface area (Å²) in [5.41, 5.74) is 13.2. The lowest BCUT2D eigenvalue weighted by Crippen LogP contribution is -2.57. The summed E-state index contributed by atoms with van der Waals surface area (Å²) in [7, 11) is 0. The highest BCUT2D eigenvalue weighted by molar-refractivity contribution is 5.94. The summed E-state index contributed by atoms with van der Waals surface area (Å²) >= 11 is 0. The molecule has 0 bridgehead atoms. The lowest BCUT2D eigenvalue weighted by atomic mass is 9.99. The summed E-state index contributed by atoms with van der Waals surface area (Å²) in [4.78, 5) is 53.5. The summed E-state index contributed by atoms with van der Waals surface area (Å²) < 4.78 is 0. The first-order chi connectivity index (χ1) is 17.6. The normalized spacial score (nSPS) is 15.3. The Bertz CT molecular complexity index is 1070. The zero-order valence-corrected chi connectivity index (χ0v) is 21.8. The minimum atomic E-state index is -1.14. The molecule has 11 heteroatoms. The zero-order valence-electron chi connectivity index (χ0n) is 21.8. The second-order valence-electron chi connectivity index (χ2n) is 9.46. The molecule has 37 heavy (non-hydrogen) atoms. The third-order valence-corrected chi connectivity index (χ3v) is 6.57. The summed E-state index contributed by atoms with van der Waals surface area (Å²) in [6, 6.07) is 3.66. The van der Waals surface area contributed by atoms with E-state index in [1.54, 1.807) is 13.1 Å². The first-order valence-electron chi connectivity index (χ1n) is 12.7. The van der Waals surface area contributed by atoms with Crippen molar-refractivity contribution in [3.05, 3.63) is 36.0 Å². The largest absolute Gasteiger partial charge is 0.480 e. The standard InChI is InChI=1S/C26H40N6O5/c1-4-15(2)22(26(36)37)32-23(33)16(3)30-25(35)21(31-24(34)19(28)10-7-8-12-27)13-17-14-29-20-11-6-5-9-18(17)20/h5-6,9,11,14-16,19,21-22,29H,4,7-8,10,12-13,27-28H2,1-3H3,(H,30,35)(H,31,34)(H,32,33)(H,36,37). The van der Waals surface area contributed by atoms with Crippen LogP contribution in [-0.2, 0) is 25.6 Å². The Morgan fingerprint density at radius 1 is 1.00 bits per heavy atom. The molecule has 1 aromatic heterocycles. The van der Waals surface area contributed by atoms with Crippen LogP contribution in [0.2, 0.25) is 0 Å². The molecule has 2 aromatic rings. The lowest BCUT2D eigenvalue weighted by molar-refractivity contribution is -0.143. The second kappa shape index (κ2) is 14.3.